The summed E-state index contributed by atoms with van der Waals surface area (Å²) in [4.78, 5) is 0. The number of nitrogens with two attached hydrogens (primary N) is 1. The Morgan fingerprint density at radius 2 is 2.19 bits per heavy atom. The number of rotatable bonds is 3. The van der Waals surface area contributed by atoms with Crippen LogP contribution in [0.25, 0.3) is 0 Å². The van der Waals surface area contributed by atoms with Crippen LogP contribution in [0.2, 0.25) is 0 Å². The fourth-order valence-electron chi connectivity index (χ4n) is 1.49. The lowest BCUT2D eigenvalue weighted by molar-refractivity contribution is 0.489. The highest BCUT2D eigenvalue weighted by atomic mass is 19.1. The number of anilines is 2. The number of benzene rings is 1. The van der Waals surface area contributed by atoms with Gasteiger partial charge in [-0.25, -0.2) is 4.39 Å². The smallest absolute Gasteiger partial charge is 0.148 e. The first-order valence-corrected chi connectivity index (χ1v) is 5.02. The van der Waals surface area contributed by atoms with Gasteiger partial charge in [-0.05, 0) is 37.3 Å². The summed E-state index contributed by atoms with van der Waals surface area (Å²) in [5.41, 5.74) is 6.29. The van der Waals surface area contributed by atoms with E-state index >= 15 is 0 Å². The number of nitrogen functional groups attached to an aromatic ring is 1. The van der Waals surface area contributed by atoms with E-state index in [0.29, 0.717) is 11.4 Å². The van der Waals surface area contributed by atoms with Crippen molar-refractivity contribution in [2.75, 3.05) is 11.1 Å². The van der Waals surface area contributed by atoms with Crippen molar-refractivity contribution >= 4 is 11.4 Å². The first-order valence-electron chi connectivity index (χ1n) is 5.02. The van der Waals surface area contributed by atoms with Crippen LogP contribution in [0.5, 0.6) is 0 Å². The average Bonchev–Trinajstić information content (AvgIpc) is 2.75. The highest BCUT2D eigenvalue weighted by Gasteiger charge is 2.10. The lowest BCUT2D eigenvalue weighted by atomic mass is 10.2. The minimum Gasteiger partial charge on any atom is -0.467 e. The molecular formula is C12H13FN2O. The van der Waals surface area contributed by atoms with Crippen LogP contribution >= 0.6 is 0 Å². The zero-order chi connectivity index (χ0) is 11.5. The number of hydrogen-bond acceptors (Lipinski definition) is 3. The molecule has 1 aromatic carbocycles. The minimum atomic E-state index is -0.363. The normalized spacial score (nSPS) is 12.4. The molecule has 0 spiro atoms. The van der Waals surface area contributed by atoms with Gasteiger partial charge in [-0.1, -0.05) is 0 Å². The van der Waals surface area contributed by atoms with E-state index in [1.54, 1.807) is 24.5 Å². The zero-order valence-corrected chi connectivity index (χ0v) is 8.91. The van der Waals surface area contributed by atoms with E-state index in [1.165, 1.54) is 6.07 Å². The van der Waals surface area contributed by atoms with Gasteiger partial charge in [0.25, 0.3) is 0 Å². The second-order valence-corrected chi connectivity index (χ2v) is 3.62. The topological polar surface area (TPSA) is 51.2 Å². The van der Waals surface area contributed by atoms with Crippen molar-refractivity contribution in [3.8, 4) is 0 Å². The van der Waals surface area contributed by atoms with E-state index in [1.807, 2.05) is 13.0 Å². The van der Waals surface area contributed by atoms with Gasteiger partial charge in [0.2, 0.25) is 0 Å². The Morgan fingerprint density at radius 3 is 2.81 bits per heavy atom. The summed E-state index contributed by atoms with van der Waals surface area (Å²) in [6, 6.07) is 8.11. The number of nitrogens with one attached hydrogen (secondary N) is 1. The predicted molar refractivity (Wildman–Crippen MR) is 61.6 cm³/mol. The van der Waals surface area contributed by atoms with E-state index in [2.05, 4.69) is 5.32 Å². The molecule has 0 aliphatic carbocycles. The molecule has 0 saturated heterocycles. The van der Waals surface area contributed by atoms with Gasteiger partial charge in [0.1, 0.15) is 11.6 Å². The number of halogens is 1. The van der Waals surface area contributed by atoms with Gasteiger partial charge >= 0.3 is 0 Å². The second kappa shape index (κ2) is 4.26. The number of hydrogen-bond donors (Lipinski definition) is 2. The van der Waals surface area contributed by atoms with E-state index in [4.69, 9.17) is 10.2 Å². The molecule has 0 fully saturated rings. The second-order valence-electron chi connectivity index (χ2n) is 3.62. The molecule has 0 aliphatic heterocycles. The summed E-state index contributed by atoms with van der Waals surface area (Å²) in [7, 11) is 0. The lowest BCUT2D eigenvalue weighted by Crippen LogP contribution is -2.07. The molecule has 1 unspecified atom stereocenters. The molecule has 0 bridgehead atoms. The summed E-state index contributed by atoms with van der Waals surface area (Å²) in [6.45, 7) is 1.90. The maximum Gasteiger partial charge on any atom is 0.148 e. The van der Waals surface area contributed by atoms with Gasteiger partial charge in [-0.3, -0.25) is 0 Å². The molecule has 2 aromatic rings. The minimum absolute atomic E-state index is 0.0897. The Hall–Kier alpha value is -1.97. The Bertz CT molecular complexity index is 468. The van der Waals surface area contributed by atoms with Crippen LogP contribution in [0.4, 0.5) is 15.8 Å². The SMILES string of the molecule is CC(Nc1ccc(N)cc1F)c1ccco1. The molecule has 0 amide bonds. The molecule has 16 heavy (non-hydrogen) atoms. The van der Waals surface area contributed by atoms with Gasteiger partial charge in [-0.15, -0.1) is 0 Å². The van der Waals surface area contributed by atoms with Crippen LogP contribution in [0.1, 0.15) is 18.7 Å². The number of furan rings is 1. The van der Waals surface area contributed by atoms with Crippen LogP contribution in [-0.2, 0) is 0 Å². The third kappa shape index (κ3) is 2.16. The monoisotopic (exact) mass is 220 g/mol. The maximum atomic E-state index is 13.5. The summed E-state index contributed by atoms with van der Waals surface area (Å²) in [6.07, 6.45) is 1.59. The van der Waals surface area contributed by atoms with Crippen LogP contribution < -0.4 is 11.1 Å². The third-order valence-corrected chi connectivity index (χ3v) is 2.34. The Kier molecular flexibility index (Phi) is 2.81. The fourth-order valence-corrected chi connectivity index (χ4v) is 1.49. The molecule has 3 nitrogen and oxygen atoms in total. The molecule has 1 aromatic heterocycles. The fraction of sp³-hybridized carbons (Fsp3) is 0.167. The predicted octanol–water partition coefficient (Wildman–Crippen LogP) is 3.17. The molecular weight excluding hydrogens is 207 g/mol. The molecule has 1 heterocycles. The first-order chi connectivity index (χ1) is 7.66. The van der Waals surface area contributed by atoms with Crippen molar-refractivity contribution in [1.82, 2.24) is 0 Å². The van der Waals surface area contributed by atoms with Crippen LogP contribution in [0.3, 0.4) is 0 Å². The summed E-state index contributed by atoms with van der Waals surface area (Å²) in [5, 5.41) is 3.02. The van der Waals surface area contributed by atoms with Gasteiger partial charge in [0.05, 0.1) is 18.0 Å². The third-order valence-electron chi connectivity index (χ3n) is 2.34. The van der Waals surface area contributed by atoms with Gasteiger partial charge < -0.3 is 15.5 Å². The van der Waals surface area contributed by atoms with Crippen LogP contribution in [-0.4, -0.2) is 0 Å². The summed E-state index contributed by atoms with van der Waals surface area (Å²) >= 11 is 0. The average molecular weight is 220 g/mol. The van der Waals surface area contributed by atoms with E-state index in [9.17, 15) is 4.39 Å². The summed E-state index contributed by atoms with van der Waals surface area (Å²) < 4.78 is 18.7. The highest BCUT2D eigenvalue weighted by Crippen LogP contribution is 2.23. The molecule has 0 aliphatic rings. The Labute approximate surface area is 93.1 Å². The van der Waals surface area contributed by atoms with Crippen LogP contribution in [0, 0.1) is 5.82 Å². The molecule has 3 N–H and O–H groups in total. The summed E-state index contributed by atoms with van der Waals surface area (Å²) in [5.74, 6) is 0.398. The van der Waals surface area contributed by atoms with Crippen molar-refractivity contribution in [2.24, 2.45) is 0 Å². The molecule has 1 atom stereocenters. The molecule has 0 radical (unpaired) electrons. The van der Waals surface area contributed by atoms with E-state index in [-0.39, 0.29) is 11.9 Å². The Morgan fingerprint density at radius 1 is 1.38 bits per heavy atom. The lowest BCUT2D eigenvalue weighted by Gasteiger charge is -2.13. The molecule has 4 heteroatoms. The van der Waals surface area contributed by atoms with Crippen molar-refractivity contribution in [3.05, 3.63) is 48.2 Å². The molecule has 0 saturated carbocycles. The van der Waals surface area contributed by atoms with E-state index in [0.717, 1.165) is 5.76 Å². The van der Waals surface area contributed by atoms with Crippen LogP contribution in [0.15, 0.2) is 41.0 Å². The zero-order valence-electron chi connectivity index (χ0n) is 8.91. The van der Waals surface area contributed by atoms with Crippen molar-refractivity contribution in [1.29, 1.82) is 0 Å². The van der Waals surface area contributed by atoms with E-state index < -0.39 is 0 Å². The van der Waals surface area contributed by atoms with Crippen molar-refractivity contribution in [2.45, 2.75) is 13.0 Å². The van der Waals surface area contributed by atoms with Crippen molar-refractivity contribution in [3.63, 3.8) is 0 Å². The first kappa shape index (κ1) is 10.5. The quantitative estimate of drug-likeness (QED) is 0.781. The maximum absolute atomic E-state index is 13.5. The van der Waals surface area contributed by atoms with Gasteiger partial charge in [0.15, 0.2) is 0 Å². The largest absolute Gasteiger partial charge is 0.467 e. The van der Waals surface area contributed by atoms with Crippen molar-refractivity contribution < 1.29 is 8.81 Å². The Balaban J connectivity index is 2.15. The van der Waals surface area contributed by atoms with Gasteiger partial charge in [-0.2, -0.15) is 0 Å². The highest BCUT2D eigenvalue weighted by molar-refractivity contribution is 5.53. The van der Waals surface area contributed by atoms with Gasteiger partial charge in [0, 0.05) is 5.69 Å². The standard InChI is InChI=1S/C12H13FN2O/c1-8(12-3-2-6-16-12)15-11-5-4-9(14)7-10(11)13/h2-8,15H,14H2,1H3. The molecule has 2 rings (SSSR count). The molecule has 84 valence electrons.